The first kappa shape index (κ1) is 14.2. The van der Waals surface area contributed by atoms with E-state index in [1.807, 2.05) is 0 Å². The van der Waals surface area contributed by atoms with Crippen LogP contribution in [0.3, 0.4) is 0 Å². The van der Waals surface area contributed by atoms with Crippen LogP contribution in [0.1, 0.15) is 36.0 Å². The molecule has 1 saturated carbocycles. The van der Waals surface area contributed by atoms with Gasteiger partial charge in [-0.2, -0.15) is 0 Å². The Labute approximate surface area is 121 Å². The number of alkyl halides is 1. The number of halogens is 1. The Morgan fingerprint density at radius 1 is 1.37 bits per heavy atom. The number of carbonyl (C=O) groups excluding carboxylic acids is 1. The Hall–Kier alpha value is -1.23. The molecule has 0 bridgehead atoms. The fraction of sp³-hybridized carbons (Fsp3) is 0.500. The molecule has 4 nitrogen and oxygen atoms in total. The van der Waals surface area contributed by atoms with Crippen LogP contribution in [0.2, 0.25) is 0 Å². The zero-order valence-corrected chi connectivity index (χ0v) is 12.4. The summed E-state index contributed by atoms with van der Waals surface area (Å²) in [7, 11) is 1.48. The van der Waals surface area contributed by atoms with E-state index >= 15 is 0 Å². The van der Waals surface area contributed by atoms with Gasteiger partial charge in [0.05, 0.1) is 7.11 Å². The van der Waals surface area contributed by atoms with E-state index in [4.69, 9.17) is 4.74 Å². The number of rotatable bonds is 3. The number of phenols is 1. The van der Waals surface area contributed by atoms with Crippen LogP contribution in [0.4, 0.5) is 0 Å². The fourth-order valence-corrected chi connectivity index (χ4v) is 2.83. The van der Waals surface area contributed by atoms with Crippen LogP contribution in [0.15, 0.2) is 18.2 Å². The number of nitrogens with one attached hydrogen (secondary N) is 1. The molecular formula is C14H18BrNO3. The van der Waals surface area contributed by atoms with Crippen LogP contribution < -0.4 is 10.1 Å². The molecule has 0 spiro atoms. The van der Waals surface area contributed by atoms with Gasteiger partial charge in [-0.3, -0.25) is 4.79 Å². The van der Waals surface area contributed by atoms with Gasteiger partial charge in [0.15, 0.2) is 11.5 Å². The van der Waals surface area contributed by atoms with Gasteiger partial charge < -0.3 is 15.2 Å². The molecule has 0 radical (unpaired) electrons. The van der Waals surface area contributed by atoms with Crippen molar-refractivity contribution >= 4 is 21.8 Å². The molecule has 5 heteroatoms. The van der Waals surface area contributed by atoms with Gasteiger partial charge in [0, 0.05) is 16.4 Å². The lowest BCUT2D eigenvalue weighted by Gasteiger charge is -2.26. The van der Waals surface area contributed by atoms with Crippen LogP contribution in [0.5, 0.6) is 11.5 Å². The number of hydrogen-bond acceptors (Lipinski definition) is 3. The number of ether oxygens (including phenoxy) is 1. The predicted molar refractivity (Wildman–Crippen MR) is 77.1 cm³/mol. The van der Waals surface area contributed by atoms with E-state index in [-0.39, 0.29) is 17.7 Å². The van der Waals surface area contributed by atoms with Crippen molar-refractivity contribution in [2.45, 2.75) is 36.6 Å². The summed E-state index contributed by atoms with van der Waals surface area (Å²) in [5.74, 6) is 0.214. The molecule has 1 fully saturated rings. The van der Waals surface area contributed by atoms with Gasteiger partial charge in [0.25, 0.3) is 5.91 Å². The van der Waals surface area contributed by atoms with Crippen molar-refractivity contribution in [3.8, 4) is 11.5 Å². The summed E-state index contributed by atoms with van der Waals surface area (Å²) in [4.78, 5) is 12.6. The summed E-state index contributed by atoms with van der Waals surface area (Å²) in [5, 5.41) is 12.7. The minimum absolute atomic E-state index is 0.0145. The van der Waals surface area contributed by atoms with Gasteiger partial charge in [0.1, 0.15) is 0 Å². The van der Waals surface area contributed by atoms with Crippen LogP contribution in [-0.4, -0.2) is 29.0 Å². The number of hydrogen-bond donors (Lipinski definition) is 2. The molecule has 2 rings (SSSR count). The van der Waals surface area contributed by atoms with E-state index in [2.05, 4.69) is 21.2 Å². The highest BCUT2D eigenvalue weighted by atomic mass is 79.9. The third kappa shape index (κ3) is 3.62. The number of carbonyl (C=O) groups is 1. The highest BCUT2D eigenvalue weighted by molar-refractivity contribution is 9.09. The average molecular weight is 328 g/mol. The summed E-state index contributed by atoms with van der Waals surface area (Å²) in [5.41, 5.74) is 0.458. The van der Waals surface area contributed by atoms with Gasteiger partial charge >= 0.3 is 0 Å². The zero-order chi connectivity index (χ0) is 13.8. The van der Waals surface area contributed by atoms with Crippen LogP contribution in [0.25, 0.3) is 0 Å². The van der Waals surface area contributed by atoms with Crippen molar-refractivity contribution < 1.29 is 14.6 Å². The molecule has 1 aliphatic rings. The molecule has 0 unspecified atom stereocenters. The largest absolute Gasteiger partial charge is 0.504 e. The molecule has 0 atom stereocenters. The van der Waals surface area contributed by atoms with E-state index in [9.17, 15) is 9.90 Å². The lowest BCUT2D eigenvalue weighted by molar-refractivity contribution is 0.0928. The summed E-state index contributed by atoms with van der Waals surface area (Å²) in [6, 6.07) is 4.92. The molecule has 19 heavy (non-hydrogen) atoms. The predicted octanol–water partition coefficient (Wildman–Crippen LogP) is 2.84. The van der Waals surface area contributed by atoms with Gasteiger partial charge in [-0.1, -0.05) is 15.9 Å². The van der Waals surface area contributed by atoms with E-state index in [1.54, 1.807) is 12.1 Å². The molecule has 1 amide bonds. The first-order valence-corrected chi connectivity index (χ1v) is 7.33. The lowest BCUT2D eigenvalue weighted by Crippen LogP contribution is -2.37. The molecule has 0 heterocycles. The summed E-state index contributed by atoms with van der Waals surface area (Å²) in [6.45, 7) is 0. The van der Waals surface area contributed by atoms with E-state index in [0.29, 0.717) is 16.1 Å². The molecule has 1 aromatic rings. The van der Waals surface area contributed by atoms with Crippen molar-refractivity contribution in [3.05, 3.63) is 23.8 Å². The van der Waals surface area contributed by atoms with Gasteiger partial charge in [-0.25, -0.2) is 0 Å². The zero-order valence-electron chi connectivity index (χ0n) is 10.9. The number of phenolic OH excluding ortho intramolecular Hbond substituents is 1. The maximum absolute atomic E-state index is 12.1. The van der Waals surface area contributed by atoms with Crippen LogP contribution in [-0.2, 0) is 0 Å². The Morgan fingerprint density at radius 2 is 2.05 bits per heavy atom. The number of amides is 1. The van der Waals surface area contributed by atoms with Gasteiger partial charge in [-0.15, -0.1) is 0 Å². The van der Waals surface area contributed by atoms with Crippen LogP contribution >= 0.6 is 15.9 Å². The van der Waals surface area contributed by atoms with Crippen molar-refractivity contribution in [1.29, 1.82) is 0 Å². The standard InChI is InChI=1S/C14H18BrNO3/c1-19-13-7-2-9(8-12(13)17)14(18)16-11-5-3-10(15)4-6-11/h2,7-8,10-11,17H,3-6H2,1H3,(H,16,18). The number of aromatic hydroxyl groups is 1. The summed E-state index contributed by atoms with van der Waals surface area (Å²) in [6.07, 6.45) is 4.14. The maximum atomic E-state index is 12.1. The van der Waals surface area contributed by atoms with Gasteiger partial charge in [-0.05, 0) is 43.9 Å². The van der Waals surface area contributed by atoms with E-state index in [0.717, 1.165) is 25.7 Å². The molecule has 0 saturated heterocycles. The van der Waals surface area contributed by atoms with E-state index < -0.39 is 0 Å². The fourth-order valence-electron chi connectivity index (χ4n) is 2.30. The van der Waals surface area contributed by atoms with Crippen molar-refractivity contribution in [1.82, 2.24) is 5.32 Å². The lowest BCUT2D eigenvalue weighted by atomic mass is 9.95. The normalized spacial score (nSPS) is 22.8. The van der Waals surface area contributed by atoms with E-state index in [1.165, 1.54) is 13.2 Å². The minimum Gasteiger partial charge on any atom is -0.504 e. The molecular weight excluding hydrogens is 310 g/mol. The molecule has 1 aromatic carbocycles. The Morgan fingerprint density at radius 3 is 2.63 bits per heavy atom. The Bertz CT molecular complexity index is 456. The summed E-state index contributed by atoms with van der Waals surface area (Å²) < 4.78 is 4.95. The average Bonchev–Trinajstić information content (AvgIpc) is 2.41. The first-order valence-electron chi connectivity index (χ1n) is 6.42. The van der Waals surface area contributed by atoms with Crippen LogP contribution in [0, 0.1) is 0 Å². The third-order valence-electron chi connectivity index (χ3n) is 3.43. The number of benzene rings is 1. The topological polar surface area (TPSA) is 58.6 Å². The minimum atomic E-state index is -0.143. The second-order valence-electron chi connectivity index (χ2n) is 4.81. The second kappa shape index (κ2) is 6.28. The number of methoxy groups -OCH3 is 1. The molecule has 0 aromatic heterocycles. The first-order chi connectivity index (χ1) is 9.10. The van der Waals surface area contributed by atoms with Crippen molar-refractivity contribution in [2.75, 3.05) is 7.11 Å². The smallest absolute Gasteiger partial charge is 0.251 e. The quantitative estimate of drug-likeness (QED) is 0.839. The van der Waals surface area contributed by atoms with Gasteiger partial charge in [0.2, 0.25) is 0 Å². The molecule has 0 aliphatic heterocycles. The molecule has 2 N–H and O–H groups in total. The van der Waals surface area contributed by atoms with Crippen molar-refractivity contribution in [3.63, 3.8) is 0 Å². The Kier molecular flexibility index (Phi) is 4.69. The Balaban J connectivity index is 1.98. The molecule has 104 valence electrons. The maximum Gasteiger partial charge on any atom is 0.251 e. The monoisotopic (exact) mass is 327 g/mol. The second-order valence-corrected chi connectivity index (χ2v) is 6.10. The van der Waals surface area contributed by atoms with Crippen molar-refractivity contribution in [2.24, 2.45) is 0 Å². The SMILES string of the molecule is COc1ccc(C(=O)NC2CCC(Br)CC2)cc1O. The highest BCUT2D eigenvalue weighted by Gasteiger charge is 2.21. The molecule has 1 aliphatic carbocycles. The highest BCUT2D eigenvalue weighted by Crippen LogP contribution is 2.27. The third-order valence-corrected chi connectivity index (χ3v) is 4.35. The summed E-state index contributed by atoms with van der Waals surface area (Å²) >= 11 is 3.59.